The fourth-order valence-electron chi connectivity index (χ4n) is 2.41. The van der Waals surface area contributed by atoms with Gasteiger partial charge >= 0.3 is 6.09 Å². The summed E-state index contributed by atoms with van der Waals surface area (Å²) >= 11 is 3.35. The Kier molecular flexibility index (Phi) is 5.99. The fraction of sp³-hybridized carbons (Fsp3) is 0.533. The Morgan fingerprint density at radius 1 is 1.48 bits per heavy atom. The predicted molar refractivity (Wildman–Crippen MR) is 82.6 cm³/mol. The first kappa shape index (κ1) is 16.2. The molecule has 0 radical (unpaired) electrons. The summed E-state index contributed by atoms with van der Waals surface area (Å²) in [6, 6.07) is 5.24. The second kappa shape index (κ2) is 7.75. The number of hydrogen-bond acceptors (Lipinski definition) is 3. The van der Waals surface area contributed by atoms with Crippen LogP contribution in [0.5, 0.6) is 0 Å². The lowest BCUT2D eigenvalue weighted by Crippen LogP contribution is -2.45. The lowest BCUT2D eigenvalue weighted by atomic mass is 10.0. The maximum absolute atomic E-state index is 13.6. The van der Waals surface area contributed by atoms with Gasteiger partial charge in [0.15, 0.2) is 0 Å². The van der Waals surface area contributed by atoms with E-state index in [1.807, 2.05) is 0 Å². The average Bonchev–Trinajstić information content (AvgIpc) is 2.49. The Labute approximate surface area is 132 Å². The summed E-state index contributed by atoms with van der Waals surface area (Å²) in [7, 11) is 0. The number of ether oxygens (including phenoxy) is 1. The topological polar surface area (TPSA) is 41.6 Å². The third-order valence-electron chi connectivity index (χ3n) is 3.61. The van der Waals surface area contributed by atoms with Gasteiger partial charge in [-0.15, -0.1) is 0 Å². The summed E-state index contributed by atoms with van der Waals surface area (Å²) in [5, 5.41) is 3.36. The Hall–Kier alpha value is -1.14. The van der Waals surface area contributed by atoms with E-state index in [2.05, 4.69) is 21.2 Å². The molecule has 1 fully saturated rings. The minimum Gasteiger partial charge on any atom is -0.450 e. The molecule has 0 aliphatic carbocycles. The monoisotopic (exact) mass is 358 g/mol. The van der Waals surface area contributed by atoms with E-state index < -0.39 is 0 Å². The van der Waals surface area contributed by atoms with E-state index in [1.54, 1.807) is 24.0 Å². The number of halogens is 2. The maximum atomic E-state index is 13.6. The van der Waals surface area contributed by atoms with Crippen LogP contribution in [0.25, 0.3) is 0 Å². The molecule has 116 valence electrons. The Morgan fingerprint density at radius 3 is 2.86 bits per heavy atom. The molecule has 0 aromatic heterocycles. The number of piperidine rings is 1. The summed E-state index contributed by atoms with van der Waals surface area (Å²) in [5.74, 6) is -0.199. The standard InChI is InChI=1S/C15H20BrFN2O2/c1-2-21-15(20)19-7-5-13(6-8-19)18-10-11-9-12(16)3-4-14(11)17/h3-4,9,13,18H,2,5-8,10H2,1H3. The molecule has 1 N–H and O–H groups in total. The van der Waals surface area contributed by atoms with Crippen LogP contribution in [0.4, 0.5) is 9.18 Å². The van der Waals surface area contributed by atoms with Gasteiger partial charge in [0.05, 0.1) is 6.61 Å². The number of hydrogen-bond donors (Lipinski definition) is 1. The molecule has 0 saturated carbocycles. The lowest BCUT2D eigenvalue weighted by Gasteiger charge is -2.31. The predicted octanol–water partition coefficient (Wildman–Crippen LogP) is 3.30. The van der Waals surface area contributed by atoms with Gasteiger partial charge in [-0.25, -0.2) is 9.18 Å². The van der Waals surface area contributed by atoms with Gasteiger partial charge in [0.2, 0.25) is 0 Å². The van der Waals surface area contributed by atoms with Gasteiger partial charge in [0, 0.05) is 35.7 Å². The SMILES string of the molecule is CCOC(=O)N1CCC(NCc2cc(Br)ccc2F)CC1. The largest absolute Gasteiger partial charge is 0.450 e. The van der Waals surface area contributed by atoms with Crippen molar-refractivity contribution in [3.8, 4) is 0 Å². The van der Waals surface area contributed by atoms with E-state index in [9.17, 15) is 9.18 Å². The number of nitrogens with zero attached hydrogens (tertiary/aromatic N) is 1. The van der Waals surface area contributed by atoms with Crippen LogP contribution in [0.1, 0.15) is 25.3 Å². The van der Waals surface area contributed by atoms with Crippen molar-refractivity contribution in [3.05, 3.63) is 34.1 Å². The van der Waals surface area contributed by atoms with Crippen molar-refractivity contribution in [2.75, 3.05) is 19.7 Å². The quantitative estimate of drug-likeness (QED) is 0.897. The molecule has 1 aromatic rings. The molecule has 0 bridgehead atoms. The Bertz CT molecular complexity index is 491. The van der Waals surface area contributed by atoms with Crippen molar-refractivity contribution < 1.29 is 13.9 Å². The minimum atomic E-state index is -0.242. The van der Waals surface area contributed by atoms with Crippen molar-refractivity contribution in [2.45, 2.75) is 32.4 Å². The molecule has 0 unspecified atom stereocenters. The van der Waals surface area contributed by atoms with Gasteiger partial charge in [-0.05, 0) is 38.0 Å². The van der Waals surface area contributed by atoms with Crippen LogP contribution in [-0.4, -0.2) is 36.7 Å². The zero-order valence-corrected chi connectivity index (χ0v) is 13.7. The summed E-state index contributed by atoms with van der Waals surface area (Å²) < 4.78 is 19.5. The van der Waals surface area contributed by atoms with Crippen LogP contribution in [0.15, 0.2) is 22.7 Å². The number of carbonyl (C=O) groups excluding carboxylic acids is 1. The normalized spacial score (nSPS) is 16.0. The first-order chi connectivity index (χ1) is 10.1. The van der Waals surface area contributed by atoms with Gasteiger partial charge in [-0.2, -0.15) is 0 Å². The van der Waals surface area contributed by atoms with E-state index in [0.717, 1.165) is 17.3 Å². The van der Waals surface area contributed by atoms with Crippen LogP contribution in [0.2, 0.25) is 0 Å². The van der Waals surface area contributed by atoms with Gasteiger partial charge in [-0.1, -0.05) is 15.9 Å². The summed E-state index contributed by atoms with van der Waals surface area (Å²) in [6.07, 6.45) is 1.47. The third-order valence-corrected chi connectivity index (χ3v) is 4.10. The highest BCUT2D eigenvalue weighted by Crippen LogP contribution is 2.17. The van der Waals surface area contributed by atoms with Crippen molar-refractivity contribution in [1.82, 2.24) is 10.2 Å². The zero-order valence-electron chi connectivity index (χ0n) is 12.1. The van der Waals surface area contributed by atoms with E-state index in [-0.39, 0.29) is 11.9 Å². The molecule has 1 aliphatic rings. The molecule has 0 atom stereocenters. The summed E-state index contributed by atoms with van der Waals surface area (Å²) in [4.78, 5) is 13.3. The molecule has 21 heavy (non-hydrogen) atoms. The molecular weight excluding hydrogens is 339 g/mol. The molecular formula is C15H20BrFN2O2. The fourth-order valence-corrected chi connectivity index (χ4v) is 2.82. The molecule has 2 rings (SSSR count). The number of amides is 1. The summed E-state index contributed by atoms with van der Waals surface area (Å²) in [5.41, 5.74) is 0.650. The van der Waals surface area contributed by atoms with Crippen molar-refractivity contribution in [1.29, 1.82) is 0 Å². The first-order valence-electron chi connectivity index (χ1n) is 7.19. The first-order valence-corrected chi connectivity index (χ1v) is 7.98. The van der Waals surface area contributed by atoms with E-state index in [1.165, 1.54) is 6.07 Å². The number of likely N-dealkylation sites (tertiary alicyclic amines) is 1. The summed E-state index contributed by atoms with van der Waals surface area (Å²) in [6.45, 7) is 4.06. The van der Waals surface area contributed by atoms with Crippen LogP contribution in [0, 0.1) is 5.82 Å². The van der Waals surface area contributed by atoms with Crippen LogP contribution in [-0.2, 0) is 11.3 Å². The van der Waals surface area contributed by atoms with Crippen LogP contribution >= 0.6 is 15.9 Å². The smallest absolute Gasteiger partial charge is 0.409 e. The maximum Gasteiger partial charge on any atom is 0.409 e. The highest BCUT2D eigenvalue weighted by Gasteiger charge is 2.23. The molecule has 1 heterocycles. The average molecular weight is 359 g/mol. The Morgan fingerprint density at radius 2 is 2.19 bits per heavy atom. The highest BCUT2D eigenvalue weighted by molar-refractivity contribution is 9.10. The number of nitrogens with one attached hydrogen (secondary N) is 1. The molecule has 6 heteroatoms. The highest BCUT2D eigenvalue weighted by atomic mass is 79.9. The van der Waals surface area contributed by atoms with E-state index in [0.29, 0.717) is 37.8 Å². The van der Waals surface area contributed by atoms with Crippen molar-refractivity contribution >= 4 is 22.0 Å². The van der Waals surface area contributed by atoms with E-state index >= 15 is 0 Å². The molecule has 1 aliphatic heterocycles. The molecule has 1 amide bonds. The van der Waals surface area contributed by atoms with Gasteiger partial charge in [0.25, 0.3) is 0 Å². The number of rotatable bonds is 4. The molecule has 4 nitrogen and oxygen atoms in total. The minimum absolute atomic E-state index is 0.199. The van der Waals surface area contributed by atoms with E-state index in [4.69, 9.17) is 4.74 Å². The number of carbonyl (C=O) groups is 1. The molecule has 1 aromatic carbocycles. The third kappa shape index (κ3) is 4.68. The van der Waals surface area contributed by atoms with Gasteiger partial charge < -0.3 is 15.0 Å². The second-order valence-corrected chi connectivity index (χ2v) is 5.99. The van der Waals surface area contributed by atoms with Crippen LogP contribution in [0.3, 0.4) is 0 Å². The van der Waals surface area contributed by atoms with Crippen molar-refractivity contribution in [3.63, 3.8) is 0 Å². The number of benzene rings is 1. The van der Waals surface area contributed by atoms with Gasteiger partial charge in [0.1, 0.15) is 5.82 Å². The lowest BCUT2D eigenvalue weighted by molar-refractivity contribution is 0.0950. The van der Waals surface area contributed by atoms with Gasteiger partial charge in [-0.3, -0.25) is 0 Å². The molecule has 0 spiro atoms. The Balaban J connectivity index is 1.79. The van der Waals surface area contributed by atoms with Crippen molar-refractivity contribution in [2.24, 2.45) is 0 Å². The molecule has 1 saturated heterocycles. The second-order valence-electron chi connectivity index (χ2n) is 5.08. The zero-order chi connectivity index (χ0) is 15.2. The van der Waals surface area contributed by atoms with Crippen LogP contribution < -0.4 is 5.32 Å².